The third kappa shape index (κ3) is 3.96. The second kappa shape index (κ2) is 8.14. The predicted molar refractivity (Wildman–Crippen MR) is 104 cm³/mol. The quantitative estimate of drug-likeness (QED) is 0.593. The molecule has 0 saturated carbocycles. The van der Waals surface area contributed by atoms with E-state index in [1.54, 1.807) is 24.3 Å². The summed E-state index contributed by atoms with van der Waals surface area (Å²) in [4.78, 5) is 50.2. The van der Waals surface area contributed by atoms with Gasteiger partial charge in [-0.15, -0.1) is 0 Å². The minimum absolute atomic E-state index is 0.237. The lowest BCUT2D eigenvalue weighted by Gasteiger charge is -2.20. The Morgan fingerprint density at radius 1 is 1.07 bits per heavy atom. The summed E-state index contributed by atoms with van der Waals surface area (Å²) in [6.07, 6.45) is 0. The Bertz CT molecular complexity index is 965. The van der Waals surface area contributed by atoms with E-state index in [1.165, 1.54) is 26.2 Å². The zero-order chi connectivity index (χ0) is 21.1. The Labute approximate surface area is 167 Å². The molecule has 0 unspecified atom stereocenters. The molecule has 8 nitrogen and oxygen atoms in total. The first-order valence-electron chi connectivity index (χ1n) is 8.91. The van der Waals surface area contributed by atoms with Crippen LogP contribution in [-0.2, 0) is 14.3 Å². The van der Waals surface area contributed by atoms with Gasteiger partial charge in [-0.1, -0.05) is 18.2 Å². The molecule has 3 amide bonds. The van der Waals surface area contributed by atoms with Crippen LogP contribution < -0.4 is 10.1 Å². The summed E-state index contributed by atoms with van der Waals surface area (Å²) in [5, 5.41) is 2.61. The summed E-state index contributed by atoms with van der Waals surface area (Å²) >= 11 is 0. The van der Waals surface area contributed by atoms with Gasteiger partial charge in [-0.25, -0.2) is 4.79 Å². The number of carbonyl (C=O) groups excluding carboxylic acids is 4. The van der Waals surface area contributed by atoms with Crippen molar-refractivity contribution in [1.29, 1.82) is 0 Å². The molecule has 1 N–H and O–H groups in total. The molecule has 1 aliphatic heterocycles. The van der Waals surface area contributed by atoms with Crippen molar-refractivity contribution >= 4 is 29.4 Å². The van der Waals surface area contributed by atoms with E-state index in [9.17, 15) is 19.2 Å². The predicted octanol–water partition coefficient (Wildman–Crippen LogP) is 2.17. The first kappa shape index (κ1) is 20.1. The van der Waals surface area contributed by atoms with E-state index in [2.05, 4.69) is 5.32 Å². The summed E-state index contributed by atoms with van der Waals surface area (Å²) < 4.78 is 10.2. The van der Waals surface area contributed by atoms with E-state index in [4.69, 9.17) is 9.47 Å². The number of aryl methyl sites for hydroxylation is 1. The van der Waals surface area contributed by atoms with Crippen LogP contribution in [-0.4, -0.2) is 48.3 Å². The van der Waals surface area contributed by atoms with Gasteiger partial charge in [0.05, 0.1) is 23.9 Å². The van der Waals surface area contributed by atoms with Crippen LogP contribution in [0.2, 0.25) is 0 Å². The van der Waals surface area contributed by atoms with Gasteiger partial charge >= 0.3 is 5.97 Å². The number of carbonyl (C=O) groups is 4. The maximum atomic E-state index is 12.4. The van der Waals surface area contributed by atoms with Crippen LogP contribution in [0.25, 0.3) is 0 Å². The topological polar surface area (TPSA) is 102 Å². The lowest BCUT2D eigenvalue weighted by molar-refractivity contribution is -0.150. The first-order chi connectivity index (χ1) is 13.8. The van der Waals surface area contributed by atoms with E-state index in [0.29, 0.717) is 11.4 Å². The third-order valence-corrected chi connectivity index (χ3v) is 4.53. The standard InChI is InChI=1S/C21H20N2O6/c1-12-8-9-17(28-3)16(10-12)22-18(24)11-29-21(27)13(2)23-19(25)14-6-4-5-7-15(14)20(23)26/h4-10,13H,11H2,1-3H3,(H,22,24)/t13-/m0/s1. The molecule has 1 aliphatic rings. The number of anilines is 1. The van der Waals surface area contributed by atoms with E-state index in [-0.39, 0.29) is 11.1 Å². The van der Waals surface area contributed by atoms with Gasteiger partial charge in [0, 0.05) is 0 Å². The Kier molecular flexibility index (Phi) is 5.63. The number of hydrogen-bond donors (Lipinski definition) is 1. The number of methoxy groups -OCH3 is 1. The summed E-state index contributed by atoms with van der Waals surface area (Å²) in [5.41, 5.74) is 1.84. The maximum Gasteiger partial charge on any atom is 0.329 e. The minimum Gasteiger partial charge on any atom is -0.495 e. The fourth-order valence-corrected chi connectivity index (χ4v) is 3.03. The number of nitrogens with one attached hydrogen (secondary N) is 1. The van der Waals surface area contributed by atoms with Gasteiger partial charge in [-0.3, -0.25) is 19.3 Å². The molecule has 0 aliphatic carbocycles. The number of ether oxygens (including phenoxy) is 2. The zero-order valence-electron chi connectivity index (χ0n) is 16.2. The van der Waals surface area contributed by atoms with Crippen LogP contribution in [0.1, 0.15) is 33.2 Å². The Hall–Kier alpha value is -3.68. The lowest BCUT2D eigenvalue weighted by atomic mass is 10.1. The van der Waals surface area contributed by atoms with Crippen molar-refractivity contribution in [2.24, 2.45) is 0 Å². The fourth-order valence-electron chi connectivity index (χ4n) is 3.03. The van der Waals surface area contributed by atoms with E-state index >= 15 is 0 Å². The Morgan fingerprint density at radius 2 is 1.69 bits per heavy atom. The average Bonchev–Trinajstić information content (AvgIpc) is 2.96. The number of nitrogens with zero attached hydrogens (tertiary/aromatic N) is 1. The third-order valence-electron chi connectivity index (χ3n) is 4.53. The van der Waals surface area contributed by atoms with Crippen molar-refractivity contribution in [2.45, 2.75) is 19.9 Å². The molecule has 0 radical (unpaired) electrons. The second-order valence-corrected chi connectivity index (χ2v) is 6.56. The highest BCUT2D eigenvalue weighted by atomic mass is 16.5. The number of hydrogen-bond acceptors (Lipinski definition) is 6. The monoisotopic (exact) mass is 396 g/mol. The van der Waals surface area contributed by atoms with Crippen LogP contribution in [0.15, 0.2) is 42.5 Å². The molecule has 0 spiro atoms. The number of amides is 3. The summed E-state index contributed by atoms with van der Waals surface area (Å²) in [7, 11) is 1.48. The van der Waals surface area contributed by atoms with Crippen LogP contribution in [0.5, 0.6) is 5.75 Å². The van der Waals surface area contributed by atoms with Crippen molar-refractivity contribution in [3.05, 3.63) is 59.2 Å². The van der Waals surface area contributed by atoms with Gasteiger partial charge in [0.1, 0.15) is 11.8 Å². The van der Waals surface area contributed by atoms with Crippen LogP contribution in [0, 0.1) is 6.92 Å². The van der Waals surface area contributed by atoms with E-state index < -0.39 is 36.3 Å². The number of fused-ring (bicyclic) bond motifs is 1. The normalized spacial score (nSPS) is 13.7. The SMILES string of the molecule is COc1ccc(C)cc1NC(=O)COC(=O)[C@H](C)N1C(=O)c2ccccc2C1=O. The summed E-state index contributed by atoms with van der Waals surface area (Å²) in [6, 6.07) is 10.4. The molecule has 1 heterocycles. The second-order valence-electron chi connectivity index (χ2n) is 6.56. The molecule has 2 aromatic carbocycles. The highest BCUT2D eigenvalue weighted by molar-refractivity contribution is 6.22. The highest BCUT2D eigenvalue weighted by Gasteiger charge is 2.41. The fraction of sp³-hybridized carbons (Fsp3) is 0.238. The molecule has 0 fully saturated rings. The molecule has 0 aromatic heterocycles. The number of esters is 1. The summed E-state index contributed by atoms with van der Waals surface area (Å²) in [5.74, 6) is -2.09. The van der Waals surface area contributed by atoms with Crippen LogP contribution >= 0.6 is 0 Å². The Balaban J connectivity index is 1.61. The number of imide groups is 1. The molecule has 0 bridgehead atoms. The van der Waals surface area contributed by atoms with Crippen molar-refractivity contribution in [1.82, 2.24) is 4.90 Å². The maximum absolute atomic E-state index is 12.4. The molecular formula is C21H20N2O6. The minimum atomic E-state index is -1.16. The highest BCUT2D eigenvalue weighted by Crippen LogP contribution is 2.26. The average molecular weight is 396 g/mol. The Morgan fingerprint density at radius 3 is 2.28 bits per heavy atom. The van der Waals surface area contributed by atoms with Crippen molar-refractivity contribution in [3.63, 3.8) is 0 Å². The van der Waals surface area contributed by atoms with Crippen molar-refractivity contribution in [2.75, 3.05) is 19.0 Å². The van der Waals surface area contributed by atoms with Crippen molar-refractivity contribution in [3.8, 4) is 5.75 Å². The largest absolute Gasteiger partial charge is 0.495 e. The van der Waals surface area contributed by atoms with E-state index in [1.807, 2.05) is 13.0 Å². The number of benzene rings is 2. The van der Waals surface area contributed by atoms with Crippen molar-refractivity contribution < 1.29 is 28.7 Å². The molecule has 2 aromatic rings. The zero-order valence-corrected chi connectivity index (χ0v) is 16.2. The number of rotatable bonds is 6. The van der Waals surface area contributed by atoms with Gasteiger partial charge in [0.15, 0.2) is 6.61 Å². The smallest absolute Gasteiger partial charge is 0.329 e. The lowest BCUT2D eigenvalue weighted by Crippen LogP contribution is -2.44. The van der Waals surface area contributed by atoms with Gasteiger partial charge < -0.3 is 14.8 Å². The summed E-state index contributed by atoms with van der Waals surface area (Å²) in [6.45, 7) is 2.67. The molecule has 0 saturated heterocycles. The van der Waals surface area contributed by atoms with Crippen LogP contribution in [0.4, 0.5) is 5.69 Å². The first-order valence-corrected chi connectivity index (χ1v) is 8.91. The molecule has 8 heteroatoms. The molecule has 1 atom stereocenters. The van der Waals surface area contributed by atoms with Gasteiger partial charge in [0.2, 0.25) is 0 Å². The van der Waals surface area contributed by atoms with Gasteiger partial charge in [-0.2, -0.15) is 0 Å². The van der Waals surface area contributed by atoms with E-state index in [0.717, 1.165) is 10.5 Å². The van der Waals surface area contributed by atoms with Gasteiger partial charge in [-0.05, 0) is 43.7 Å². The molecular weight excluding hydrogens is 376 g/mol. The molecule has 150 valence electrons. The molecule has 29 heavy (non-hydrogen) atoms. The molecule has 3 rings (SSSR count). The van der Waals surface area contributed by atoms with Gasteiger partial charge in [0.25, 0.3) is 17.7 Å². The van der Waals surface area contributed by atoms with Crippen LogP contribution in [0.3, 0.4) is 0 Å².